The third-order valence-corrected chi connectivity index (χ3v) is 4.67. The van der Waals surface area contributed by atoms with Crippen LogP contribution in [-0.2, 0) is 20.0 Å². The lowest BCUT2D eigenvalue weighted by molar-refractivity contribution is 0.757. The van der Waals surface area contributed by atoms with Gasteiger partial charge < -0.3 is 20.2 Å². The molecule has 0 radical (unpaired) electrons. The Morgan fingerprint density at radius 1 is 1.29 bits per heavy atom. The molecule has 3 aromatic rings. The molecule has 0 aliphatic heterocycles. The lowest BCUT2D eigenvalue weighted by Gasteiger charge is -2.11. The van der Waals surface area contributed by atoms with Crippen molar-refractivity contribution in [1.82, 2.24) is 30.4 Å². The summed E-state index contributed by atoms with van der Waals surface area (Å²) in [6, 6.07) is 6.39. The molecule has 0 unspecified atom stereocenters. The molecule has 2 heterocycles. The van der Waals surface area contributed by atoms with E-state index in [-0.39, 0.29) is 24.0 Å². The van der Waals surface area contributed by atoms with Crippen molar-refractivity contribution in [3.8, 4) is 0 Å². The van der Waals surface area contributed by atoms with Gasteiger partial charge in [0.25, 0.3) is 0 Å². The van der Waals surface area contributed by atoms with E-state index < -0.39 is 0 Å². The Balaban J connectivity index is 0.00000280. The number of hydrogen-bond donors (Lipinski definition) is 3. The molecule has 3 rings (SSSR count). The Morgan fingerprint density at radius 3 is 2.82 bits per heavy atom. The Morgan fingerprint density at radius 2 is 2.11 bits per heavy atom. The summed E-state index contributed by atoms with van der Waals surface area (Å²) in [7, 11) is 1.95. The van der Waals surface area contributed by atoms with Crippen molar-refractivity contribution in [3.63, 3.8) is 0 Å². The number of H-pyrrole nitrogens is 1. The molecule has 0 saturated carbocycles. The number of nitrogens with zero attached hydrogens (tertiary/aromatic N) is 4. The van der Waals surface area contributed by atoms with Crippen LogP contribution in [0.3, 0.4) is 0 Å². The van der Waals surface area contributed by atoms with Crippen LogP contribution in [0.2, 0.25) is 0 Å². The Bertz CT molecular complexity index is 955. The van der Waals surface area contributed by atoms with Crippen LogP contribution in [0.15, 0.2) is 42.0 Å². The topological polar surface area (TPSA) is 82.9 Å². The summed E-state index contributed by atoms with van der Waals surface area (Å²) in [5.74, 6) is 2.45. The first-order chi connectivity index (χ1) is 13.1. The number of nitrogens with one attached hydrogen (secondary N) is 3. The molecule has 2 aromatic heterocycles. The van der Waals surface area contributed by atoms with Crippen molar-refractivity contribution >= 4 is 40.8 Å². The molecule has 28 heavy (non-hydrogen) atoms. The van der Waals surface area contributed by atoms with E-state index in [1.807, 2.05) is 24.6 Å². The summed E-state index contributed by atoms with van der Waals surface area (Å²) in [6.07, 6.45) is 4.81. The number of guanidine groups is 1. The van der Waals surface area contributed by atoms with E-state index in [4.69, 9.17) is 0 Å². The summed E-state index contributed by atoms with van der Waals surface area (Å²) >= 11 is 0. The minimum Gasteiger partial charge on any atom is -0.361 e. The second-order valence-corrected chi connectivity index (χ2v) is 6.55. The molecule has 150 valence electrons. The highest BCUT2D eigenvalue weighted by atomic mass is 127. The van der Waals surface area contributed by atoms with E-state index in [1.165, 1.54) is 22.0 Å². The van der Waals surface area contributed by atoms with Crippen LogP contribution in [0, 0.1) is 13.8 Å². The van der Waals surface area contributed by atoms with Gasteiger partial charge in [-0.15, -0.1) is 40.8 Å². The average Bonchev–Trinajstić information content (AvgIpc) is 3.22. The molecule has 8 heteroatoms. The second-order valence-electron chi connectivity index (χ2n) is 6.55. The van der Waals surface area contributed by atoms with Gasteiger partial charge in [0.05, 0.1) is 0 Å². The van der Waals surface area contributed by atoms with Gasteiger partial charge in [0.15, 0.2) is 11.8 Å². The molecule has 1 aromatic carbocycles. The van der Waals surface area contributed by atoms with Crippen molar-refractivity contribution in [1.29, 1.82) is 0 Å². The number of aryl methyl sites for hydroxylation is 2. The predicted octanol–water partition coefficient (Wildman–Crippen LogP) is 3.00. The zero-order chi connectivity index (χ0) is 19.2. The van der Waals surface area contributed by atoms with Crippen LogP contribution >= 0.6 is 24.0 Å². The molecule has 3 N–H and O–H groups in total. The summed E-state index contributed by atoms with van der Waals surface area (Å²) in [5.41, 5.74) is 3.78. The standard InChI is InChI=1S/C20H27N7.HI/c1-5-10-21-20(24-13-18-26-25-15(3)27(18)4)22-11-9-16-12-23-19-14(2)7-6-8-17(16)19;/h5-8,12,23H,1,9-11,13H2,2-4H3,(H2,21,22,24);1H. The number of aromatic nitrogens is 4. The number of rotatable bonds is 7. The number of halogens is 1. The predicted molar refractivity (Wildman–Crippen MR) is 125 cm³/mol. The molecule has 0 amide bonds. The van der Waals surface area contributed by atoms with Gasteiger partial charge in [-0.1, -0.05) is 24.3 Å². The molecule has 0 fully saturated rings. The summed E-state index contributed by atoms with van der Waals surface area (Å²) < 4.78 is 1.95. The lowest BCUT2D eigenvalue weighted by atomic mass is 10.1. The largest absolute Gasteiger partial charge is 0.361 e. The van der Waals surface area contributed by atoms with E-state index in [9.17, 15) is 0 Å². The lowest BCUT2D eigenvalue weighted by Crippen LogP contribution is -2.38. The monoisotopic (exact) mass is 493 g/mol. The van der Waals surface area contributed by atoms with E-state index in [1.54, 1.807) is 0 Å². The van der Waals surface area contributed by atoms with Gasteiger partial charge in [0.2, 0.25) is 0 Å². The fourth-order valence-electron chi connectivity index (χ4n) is 2.97. The first-order valence-electron chi connectivity index (χ1n) is 9.13. The Hall–Kier alpha value is -2.36. The fraction of sp³-hybridized carbons (Fsp3) is 0.350. The van der Waals surface area contributed by atoms with Gasteiger partial charge in [0, 0.05) is 37.2 Å². The third kappa shape index (κ3) is 5.12. The minimum absolute atomic E-state index is 0. The minimum atomic E-state index is 0. The molecule has 0 atom stereocenters. The van der Waals surface area contributed by atoms with Crippen LogP contribution in [0.5, 0.6) is 0 Å². The highest BCUT2D eigenvalue weighted by Gasteiger charge is 2.07. The van der Waals surface area contributed by atoms with E-state index in [0.29, 0.717) is 13.1 Å². The van der Waals surface area contributed by atoms with Gasteiger partial charge in [-0.25, -0.2) is 4.99 Å². The molecule has 0 bridgehead atoms. The summed E-state index contributed by atoms with van der Waals surface area (Å²) in [4.78, 5) is 8.00. The fourth-order valence-corrected chi connectivity index (χ4v) is 2.97. The van der Waals surface area contributed by atoms with Crippen LogP contribution in [0.4, 0.5) is 0 Å². The van der Waals surface area contributed by atoms with Crippen LogP contribution in [0.1, 0.15) is 22.8 Å². The molecule has 7 nitrogen and oxygen atoms in total. The highest BCUT2D eigenvalue weighted by Crippen LogP contribution is 2.21. The molecule has 0 aliphatic rings. The first-order valence-corrected chi connectivity index (χ1v) is 9.13. The maximum absolute atomic E-state index is 4.62. The zero-order valence-corrected chi connectivity index (χ0v) is 18.9. The molecule has 0 aliphatic carbocycles. The zero-order valence-electron chi connectivity index (χ0n) is 16.6. The Kier molecular flexibility index (Phi) is 8.04. The number of hydrogen-bond acceptors (Lipinski definition) is 3. The molecule has 0 spiro atoms. The van der Waals surface area contributed by atoms with Gasteiger partial charge in [0.1, 0.15) is 12.4 Å². The smallest absolute Gasteiger partial charge is 0.191 e. The summed E-state index contributed by atoms with van der Waals surface area (Å²) in [5, 5.41) is 16.1. The van der Waals surface area contributed by atoms with E-state index in [0.717, 1.165) is 30.6 Å². The average molecular weight is 493 g/mol. The van der Waals surface area contributed by atoms with Crippen LogP contribution < -0.4 is 10.6 Å². The molecular formula is C20H28IN7. The normalized spacial score (nSPS) is 11.3. The van der Waals surface area contributed by atoms with Gasteiger partial charge in [-0.05, 0) is 31.4 Å². The second kappa shape index (κ2) is 10.3. The molecular weight excluding hydrogens is 465 g/mol. The van der Waals surface area contributed by atoms with Gasteiger partial charge >= 0.3 is 0 Å². The highest BCUT2D eigenvalue weighted by molar-refractivity contribution is 14.0. The number of aromatic amines is 1. The SMILES string of the molecule is C=CCNC(=NCc1nnc(C)n1C)NCCc1c[nH]c2c(C)cccc12.I. The maximum atomic E-state index is 4.62. The van der Waals surface area contributed by atoms with Crippen molar-refractivity contribution in [2.45, 2.75) is 26.8 Å². The maximum Gasteiger partial charge on any atom is 0.191 e. The van der Waals surface area contributed by atoms with Crippen LogP contribution in [0.25, 0.3) is 10.9 Å². The first kappa shape index (κ1) is 21.9. The third-order valence-electron chi connectivity index (χ3n) is 4.67. The summed E-state index contributed by atoms with van der Waals surface area (Å²) in [6.45, 7) is 9.71. The van der Waals surface area contributed by atoms with Crippen molar-refractivity contribution in [2.75, 3.05) is 13.1 Å². The van der Waals surface area contributed by atoms with Crippen molar-refractivity contribution < 1.29 is 0 Å². The Labute approximate surface area is 182 Å². The van der Waals surface area contributed by atoms with Crippen molar-refractivity contribution in [2.24, 2.45) is 12.0 Å². The molecule has 0 saturated heterocycles. The number of benzene rings is 1. The van der Waals surface area contributed by atoms with Gasteiger partial charge in [-0.2, -0.15) is 0 Å². The number of fused-ring (bicyclic) bond motifs is 1. The van der Waals surface area contributed by atoms with Crippen molar-refractivity contribution in [3.05, 3.63) is 59.8 Å². The van der Waals surface area contributed by atoms with E-state index in [2.05, 4.69) is 68.7 Å². The van der Waals surface area contributed by atoms with Crippen LogP contribution in [-0.4, -0.2) is 38.8 Å². The van der Waals surface area contributed by atoms with E-state index >= 15 is 0 Å². The van der Waals surface area contributed by atoms with Gasteiger partial charge in [-0.3, -0.25) is 0 Å². The quantitative estimate of drug-likeness (QED) is 0.205. The number of aliphatic imine (C=N–C) groups is 1. The number of para-hydroxylation sites is 1.